The first kappa shape index (κ1) is 22.9. The molecular weight excluding hydrogens is 428 g/mol. The van der Waals surface area contributed by atoms with E-state index in [1.165, 1.54) is 8.61 Å². The predicted octanol–water partition coefficient (Wildman–Crippen LogP) is 0.955. The van der Waals surface area contributed by atoms with Crippen LogP contribution >= 0.6 is 0 Å². The van der Waals surface area contributed by atoms with Crippen molar-refractivity contribution in [3.05, 3.63) is 22.8 Å². The number of aryl methyl sites for hydroxylation is 4. The van der Waals surface area contributed by atoms with Crippen molar-refractivity contribution < 1.29 is 16.8 Å². The highest BCUT2D eigenvalue weighted by Crippen LogP contribution is 2.27. The van der Waals surface area contributed by atoms with Crippen molar-refractivity contribution in [1.29, 1.82) is 0 Å². The van der Waals surface area contributed by atoms with Crippen molar-refractivity contribution in [2.75, 3.05) is 26.2 Å². The average molecular weight is 459 g/mol. The molecule has 3 heterocycles. The van der Waals surface area contributed by atoms with E-state index in [1.54, 1.807) is 44.1 Å². The first-order valence-electron chi connectivity index (χ1n) is 9.97. The minimum Gasteiger partial charge on any atom is -0.271 e. The van der Waals surface area contributed by atoms with Gasteiger partial charge >= 0.3 is 0 Å². The molecule has 0 aliphatic carbocycles. The molecular formula is C18H30N6O4S2. The molecule has 1 aliphatic heterocycles. The third-order valence-electron chi connectivity index (χ3n) is 5.67. The molecule has 10 nitrogen and oxygen atoms in total. The van der Waals surface area contributed by atoms with Crippen LogP contribution in [0.5, 0.6) is 0 Å². The molecule has 0 amide bonds. The van der Waals surface area contributed by atoms with Crippen LogP contribution in [0.2, 0.25) is 0 Å². The first-order valence-corrected chi connectivity index (χ1v) is 12.9. The van der Waals surface area contributed by atoms with Gasteiger partial charge in [-0.15, -0.1) is 0 Å². The summed E-state index contributed by atoms with van der Waals surface area (Å²) in [4.78, 5) is 0.428. The van der Waals surface area contributed by atoms with Gasteiger partial charge in [-0.2, -0.15) is 18.8 Å². The van der Waals surface area contributed by atoms with Gasteiger partial charge in [0.25, 0.3) is 0 Å². The third kappa shape index (κ3) is 3.70. The second kappa shape index (κ2) is 8.06. The Bertz CT molecular complexity index is 1160. The van der Waals surface area contributed by atoms with E-state index in [1.807, 2.05) is 6.92 Å². The first-order chi connectivity index (χ1) is 13.9. The third-order valence-corrected chi connectivity index (χ3v) is 9.97. The SMILES string of the molecule is CCn1nc(C)c(S(=O)(=O)N2CCCN(S(=O)(=O)c3c(C)nn(C)c3C)CC2)c1C. The lowest BCUT2D eigenvalue weighted by Crippen LogP contribution is -2.38. The molecule has 0 N–H and O–H groups in total. The van der Waals surface area contributed by atoms with Crippen LogP contribution < -0.4 is 0 Å². The van der Waals surface area contributed by atoms with Gasteiger partial charge in [0.1, 0.15) is 9.79 Å². The zero-order valence-electron chi connectivity index (χ0n) is 18.4. The van der Waals surface area contributed by atoms with E-state index >= 15 is 0 Å². The van der Waals surface area contributed by atoms with Crippen LogP contribution in [0.3, 0.4) is 0 Å². The van der Waals surface area contributed by atoms with E-state index in [0.717, 1.165) is 0 Å². The fourth-order valence-corrected chi connectivity index (χ4v) is 7.81. The Morgan fingerprint density at radius 2 is 1.23 bits per heavy atom. The quantitative estimate of drug-likeness (QED) is 0.660. The fourth-order valence-electron chi connectivity index (χ4n) is 4.10. The van der Waals surface area contributed by atoms with Gasteiger partial charge < -0.3 is 0 Å². The van der Waals surface area contributed by atoms with Crippen LogP contribution in [0.25, 0.3) is 0 Å². The lowest BCUT2D eigenvalue weighted by atomic mass is 10.4. The van der Waals surface area contributed by atoms with Crippen molar-refractivity contribution >= 4 is 20.0 Å². The Kier molecular flexibility index (Phi) is 6.16. The number of nitrogens with zero attached hydrogens (tertiary/aromatic N) is 6. The molecule has 3 rings (SSSR count). The number of sulfonamides is 2. The normalized spacial score (nSPS) is 17.4. The van der Waals surface area contributed by atoms with Crippen molar-refractivity contribution in [1.82, 2.24) is 28.2 Å². The zero-order valence-corrected chi connectivity index (χ0v) is 20.0. The molecule has 1 saturated heterocycles. The minimum atomic E-state index is -3.77. The maximum Gasteiger partial charge on any atom is 0.246 e. The maximum absolute atomic E-state index is 13.3. The summed E-state index contributed by atoms with van der Waals surface area (Å²) in [6.45, 7) is 10.0. The summed E-state index contributed by atoms with van der Waals surface area (Å²) < 4.78 is 59.2. The van der Waals surface area contributed by atoms with Gasteiger partial charge in [0.15, 0.2) is 0 Å². The Labute approximate surface area is 178 Å². The Morgan fingerprint density at radius 1 is 0.767 bits per heavy atom. The summed E-state index contributed by atoms with van der Waals surface area (Å²) in [5.74, 6) is 0. The molecule has 2 aromatic rings. The predicted molar refractivity (Wildman–Crippen MR) is 112 cm³/mol. The van der Waals surface area contributed by atoms with E-state index in [-0.39, 0.29) is 36.0 Å². The fraction of sp³-hybridized carbons (Fsp3) is 0.667. The lowest BCUT2D eigenvalue weighted by Gasteiger charge is -2.22. The molecule has 0 spiro atoms. The summed E-state index contributed by atoms with van der Waals surface area (Å²) in [6, 6.07) is 0. The van der Waals surface area contributed by atoms with Crippen LogP contribution in [0, 0.1) is 27.7 Å². The Hall–Kier alpha value is -1.76. The van der Waals surface area contributed by atoms with Crippen molar-refractivity contribution in [3.8, 4) is 0 Å². The van der Waals surface area contributed by atoms with E-state index in [9.17, 15) is 16.8 Å². The highest BCUT2D eigenvalue weighted by molar-refractivity contribution is 7.89. The maximum atomic E-state index is 13.3. The summed E-state index contributed by atoms with van der Waals surface area (Å²) >= 11 is 0. The standard InChI is InChI=1S/C18H30N6O4S2/c1-7-24-16(5)18(14(3)20-24)30(27,28)23-10-8-9-22(11-12-23)29(25,26)17-13(2)19-21(6)15(17)4/h7-12H2,1-6H3. The summed E-state index contributed by atoms with van der Waals surface area (Å²) in [6.07, 6.45) is 0.414. The Morgan fingerprint density at radius 3 is 1.63 bits per heavy atom. The molecule has 30 heavy (non-hydrogen) atoms. The van der Waals surface area contributed by atoms with E-state index in [0.29, 0.717) is 35.7 Å². The van der Waals surface area contributed by atoms with Crippen LogP contribution in [0.1, 0.15) is 36.1 Å². The van der Waals surface area contributed by atoms with E-state index < -0.39 is 20.0 Å². The molecule has 2 aromatic heterocycles. The van der Waals surface area contributed by atoms with E-state index in [2.05, 4.69) is 10.2 Å². The molecule has 0 radical (unpaired) electrons. The van der Waals surface area contributed by atoms with Gasteiger partial charge in [0, 0.05) is 39.8 Å². The minimum absolute atomic E-state index is 0.0926. The molecule has 0 atom stereocenters. The molecule has 12 heteroatoms. The molecule has 168 valence electrons. The number of hydrogen-bond donors (Lipinski definition) is 0. The van der Waals surface area contributed by atoms with Gasteiger partial charge in [-0.25, -0.2) is 16.8 Å². The molecule has 0 saturated carbocycles. The summed E-state index contributed by atoms with van der Waals surface area (Å²) in [7, 11) is -5.83. The van der Waals surface area contributed by atoms with Gasteiger partial charge in [-0.1, -0.05) is 0 Å². The lowest BCUT2D eigenvalue weighted by molar-refractivity contribution is 0.404. The van der Waals surface area contributed by atoms with Crippen LogP contribution in [0.4, 0.5) is 0 Å². The van der Waals surface area contributed by atoms with Crippen molar-refractivity contribution in [2.24, 2.45) is 7.05 Å². The number of aromatic nitrogens is 4. The highest BCUT2D eigenvalue weighted by atomic mass is 32.2. The van der Waals surface area contributed by atoms with Crippen LogP contribution in [-0.4, -0.2) is 71.2 Å². The second-order valence-corrected chi connectivity index (χ2v) is 11.4. The Balaban J connectivity index is 1.89. The molecule has 1 aliphatic rings. The second-order valence-electron chi connectivity index (χ2n) is 7.60. The molecule has 1 fully saturated rings. The summed E-state index contributed by atoms with van der Waals surface area (Å²) in [5.41, 5.74) is 2.08. The zero-order chi connectivity index (χ0) is 22.4. The van der Waals surface area contributed by atoms with E-state index in [4.69, 9.17) is 0 Å². The number of hydrogen-bond acceptors (Lipinski definition) is 6. The van der Waals surface area contributed by atoms with Crippen LogP contribution in [0.15, 0.2) is 9.79 Å². The van der Waals surface area contributed by atoms with Gasteiger partial charge in [-0.05, 0) is 41.0 Å². The van der Waals surface area contributed by atoms with Gasteiger partial charge in [0.05, 0.1) is 22.8 Å². The van der Waals surface area contributed by atoms with Gasteiger partial charge in [0.2, 0.25) is 20.0 Å². The van der Waals surface area contributed by atoms with Crippen molar-refractivity contribution in [3.63, 3.8) is 0 Å². The summed E-state index contributed by atoms with van der Waals surface area (Å²) in [5, 5.41) is 8.54. The molecule has 0 aromatic carbocycles. The van der Waals surface area contributed by atoms with Crippen molar-refractivity contribution in [2.45, 2.75) is 57.4 Å². The number of rotatable bonds is 5. The monoisotopic (exact) mass is 458 g/mol. The van der Waals surface area contributed by atoms with Gasteiger partial charge in [-0.3, -0.25) is 9.36 Å². The smallest absolute Gasteiger partial charge is 0.246 e. The average Bonchev–Trinajstić information content (AvgIpc) is 2.97. The topological polar surface area (TPSA) is 110 Å². The molecule has 0 unspecified atom stereocenters. The van der Waals surface area contributed by atoms with Crippen LogP contribution in [-0.2, 0) is 33.6 Å². The largest absolute Gasteiger partial charge is 0.271 e. The highest BCUT2D eigenvalue weighted by Gasteiger charge is 2.36. The molecule has 0 bridgehead atoms.